The fourth-order valence-corrected chi connectivity index (χ4v) is 2.30. The molecular weight excluding hydrogens is 320 g/mol. The number of hydrogen-bond donors (Lipinski definition) is 1. The van der Waals surface area contributed by atoms with Crippen LogP contribution in [0.2, 0.25) is 0 Å². The number of methoxy groups -OCH3 is 1. The Kier molecular flexibility index (Phi) is 4.57. The zero-order valence-corrected chi connectivity index (χ0v) is 13.8. The summed E-state index contributed by atoms with van der Waals surface area (Å²) in [6.45, 7) is -3.43. The molecule has 2 aromatic carbocycles. The molecule has 1 heterocycles. The Morgan fingerprint density at radius 2 is 1.64 bits per heavy atom. The third-order valence-electron chi connectivity index (χ3n) is 3.57. The molecule has 2 unspecified atom stereocenters. The van der Waals surface area contributed by atoms with Gasteiger partial charge in [0.25, 0.3) is 0 Å². The first-order valence-electron chi connectivity index (χ1n) is 10.4. The van der Waals surface area contributed by atoms with Crippen LogP contribution in [0.25, 0.3) is 0 Å². The molecule has 1 saturated heterocycles. The highest BCUT2D eigenvalue weighted by Crippen LogP contribution is 2.26. The molecule has 0 radical (unpaired) electrons. The summed E-state index contributed by atoms with van der Waals surface area (Å²) in [4.78, 5) is 0. The van der Waals surface area contributed by atoms with E-state index in [1.54, 1.807) is 60.7 Å². The van der Waals surface area contributed by atoms with Crippen molar-refractivity contribution < 1.29 is 30.9 Å². The van der Waals surface area contributed by atoms with Crippen molar-refractivity contribution in [1.29, 1.82) is 0 Å². The predicted molar refractivity (Wildman–Crippen MR) is 92.8 cm³/mol. The van der Waals surface area contributed by atoms with Crippen LogP contribution in [0.5, 0.6) is 0 Å². The van der Waals surface area contributed by atoms with E-state index in [-0.39, 0.29) is 13.2 Å². The third-order valence-corrected chi connectivity index (χ3v) is 3.57. The molecule has 5 heteroatoms. The van der Waals surface area contributed by atoms with E-state index < -0.39 is 31.1 Å². The molecule has 0 saturated carbocycles. The molecule has 134 valence electrons. The van der Waals surface area contributed by atoms with Gasteiger partial charge >= 0.3 is 0 Å². The predicted octanol–water partition coefficient (Wildman–Crippen LogP) is 2.52. The molecule has 4 atom stereocenters. The zero-order valence-electron chi connectivity index (χ0n) is 18.8. The number of aliphatic hydroxyl groups is 1. The second kappa shape index (κ2) is 9.08. The average molecular weight is 349 g/mol. The van der Waals surface area contributed by atoms with E-state index in [2.05, 4.69) is 0 Å². The van der Waals surface area contributed by atoms with E-state index in [0.29, 0.717) is 11.1 Å². The SMILES string of the molecule is [2H]C1(O)C(OC)O[C@]([2H])(C([2H])([2H])OCc2ccccc2)[C@@]1([2H])OCc1ccccc1. The van der Waals surface area contributed by atoms with Crippen molar-refractivity contribution in [2.24, 2.45) is 0 Å². The first kappa shape index (κ1) is 12.6. The normalized spacial score (nSPS) is 38.3. The maximum Gasteiger partial charge on any atom is 0.186 e. The standard InChI is InChI=1S/C20H24O5/c1-22-20-18(21)19(24-13-16-10-6-3-7-11-16)17(25-20)14-23-12-15-8-4-2-5-9-15/h2-11,17-21H,12-14H2,1H3/t17-,18?,19-,20?/m1/s1/i14D2,17D,18D,19D. The van der Waals surface area contributed by atoms with Gasteiger partial charge in [0.05, 0.1) is 26.6 Å². The summed E-state index contributed by atoms with van der Waals surface area (Å²) in [5.74, 6) is 0. The highest BCUT2D eigenvalue weighted by Gasteiger charge is 2.44. The van der Waals surface area contributed by atoms with Gasteiger partial charge in [0.1, 0.15) is 18.2 Å². The van der Waals surface area contributed by atoms with Gasteiger partial charge in [-0.2, -0.15) is 0 Å². The Hall–Kier alpha value is -1.76. The van der Waals surface area contributed by atoms with Gasteiger partial charge in [-0.15, -0.1) is 0 Å². The van der Waals surface area contributed by atoms with Crippen molar-refractivity contribution in [3.63, 3.8) is 0 Å². The lowest BCUT2D eigenvalue weighted by Crippen LogP contribution is -2.37. The molecule has 0 aliphatic carbocycles. The summed E-state index contributed by atoms with van der Waals surface area (Å²) in [6.07, 6.45) is -10.6. The minimum Gasteiger partial charge on any atom is -0.385 e. The number of hydrogen-bond acceptors (Lipinski definition) is 5. The second-order valence-corrected chi connectivity index (χ2v) is 5.38. The van der Waals surface area contributed by atoms with Gasteiger partial charge in [0.15, 0.2) is 6.29 Å². The molecular formula is C20H24O5. The number of ether oxygens (including phenoxy) is 4. The van der Waals surface area contributed by atoms with Crippen molar-refractivity contribution in [1.82, 2.24) is 0 Å². The first-order valence-corrected chi connectivity index (χ1v) is 7.86. The monoisotopic (exact) mass is 349 g/mol. The lowest BCUT2D eigenvalue weighted by molar-refractivity contribution is -0.156. The van der Waals surface area contributed by atoms with E-state index in [4.69, 9.17) is 25.8 Å². The highest BCUT2D eigenvalue weighted by atomic mass is 16.7. The molecule has 1 N–H and O–H groups in total. The summed E-state index contributed by atoms with van der Waals surface area (Å²) in [5, 5.41) is 10.7. The minimum atomic E-state index is -2.94. The van der Waals surface area contributed by atoms with Gasteiger partial charge in [-0.3, -0.25) is 0 Å². The van der Waals surface area contributed by atoms with Crippen molar-refractivity contribution in [3.8, 4) is 0 Å². The molecule has 25 heavy (non-hydrogen) atoms. The largest absolute Gasteiger partial charge is 0.385 e. The van der Waals surface area contributed by atoms with Crippen molar-refractivity contribution in [2.45, 2.75) is 37.7 Å². The fourth-order valence-electron chi connectivity index (χ4n) is 2.30. The van der Waals surface area contributed by atoms with Gasteiger partial charge in [0.2, 0.25) is 0 Å². The quantitative estimate of drug-likeness (QED) is 0.794. The first-order chi connectivity index (χ1) is 14.1. The Bertz CT molecular complexity index is 838. The summed E-state index contributed by atoms with van der Waals surface area (Å²) < 4.78 is 63.3. The Morgan fingerprint density at radius 1 is 1.04 bits per heavy atom. The lowest BCUT2D eigenvalue weighted by atomic mass is 10.1. The van der Waals surface area contributed by atoms with Crippen LogP contribution in [0.3, 0.4) is 0 Å². The van der Waals surface area contributed by atoms with Gasteiger partial charge in [-0.1, -0.05) is 60.7 Å². The Labute approximate surface area is 155 Å². The molecule has 2 aromatic rings. The van der Waals surface area contributed by atoms with Crippen LogP contribution in [-0.2, 0) is 32.2 Å². The van der Waals surface area contributed by atoms with E-state index in [1.807, 2.05) is 0 Å². The van der Waals surface area contributed by atoms with Gasteiger partial charge in [-0.05, 0) is 11.1 Å². The van der Waals surface area contributed by atoms with E-state index in [0.717, 1.165) is 7.11 Å². The third kappa shape index (κ3) is 4.87. The van der Waals surface area contributed by atoms with Crippen LogP contribution < -0.4 is 0 Å². The molecule has 1 aliphatic rings. The fraction of sp³-hybridized carbons (Fsp3) is 0.400. The topological polar surface area (TPSA) is 57.2 Å². The summed E-state index contributed by atoms with van der Waals surface area (Å²) in [7, 11) is 1.12. The van der Waals surface area contributed by atoms with Crippen LogP contribution in [0.4, 0.5) is 0 Å². The smallest absolute Gasteiger partial charge is 0.186 e. The van der Waals surface area contributed by atoms with Crippen LogP contribution in [0.1, 0.15) is 18.0 Å². The summed E-state index contributed by atoms with van der Waals surface area (Å²) in [5.41, 5.74) is 1.24. The molecule has 0 aromatic heterocycles. The van der Waals surface area contributed by atoms with Gasteiger partial charge in [-0.25, -0.2) is 0 Å². The molecule has 1 fully saturated rings. The van der Waals surface area contributed by atoms with Crippen LogP contribution in [0.15, 0.2) is 60.7 Å². The van der Waals surface area contributed by atoms with Crippen LogP contribution >= 0.6 is 0 Å². The Morgan fingerprint density at radius 3 is 2.24 bits per heavy atom. The molecule has 5 nitrogen and oxygen atoms in total. The van der Waals surface area contributed by atoms with Crippen LogP contribution in [-0.4, -0.2) is 43.3 Å². The van der Waals surface area contributed by atoms with E-state index in [9.17, 15) is 5.11 Å². The average Bonchev–Trinajstić information content (AvgIpc) is 2.90. The van der Waals surface area contributed by atoms with Crippen molar-refractivity contribution in [2.75, 3.05) is 13.7 Å². The maximum atomic E-state index is 10.7. The lowest BCUT2D eigenvalue weighted by Gasteiger charge is -2.20. The molecule has 0 spiro atoms. The minimum absolute atomic E-state index is 0.222. The van der Waals surface area contributed by atoms with Crippen molar-refractivity contribution >= 4 is 0 Å². The van der Waals surface area contributed by atoms with Crippen molar-refractivity contribution in [3.05, 3.63) is 71.8 Å². The molecule has 1 aliphatic heterocycles. The maximum absolute atomic E-state index is 10.7. The molecule has 0 bridgehead atoms. The summed E-state index contributed by atoms with van der Waals surface area (Å²) >= 11 is 0. The highest BCUT2D eigenvalue weighted by molar-refractivity contribution is 5.14. The van der Waals surface area contributed by atoms with Gasteiger partial charge in [0, 0.05) is 7.11 Å². The van der Waals surface area contributed by atoms with E-state index >= 15 is 0 Å². The van der Waals surface area contributed by atoms with Crippen LogP contribution in [0, 0.1) is 0 Å². The summed E-state index contributed by atoms with van der Waals surface area (Å²) in [6, 6.07) is 17.4. The Balaban J connectivity index is 1.91. The molecule has 3 rings (SSSR count). The number of rotatable bonds is 8. The second-order valence-electron chi connectivity index (χ2n) is 5.38. The zero-order chi connectivity index (χ0) is 22.0. The molecule has 0 amide bonds. The van der Waals surface area contributed by atoms with Gasteiger partial charge < -0.3 is 24.1 Å². The number of benzene rings is 2. The van der Waals surface area contributed by atoms with E-state index in [1.165, 1.54) is 0 Å².